The maximum atomic E-state index is 10.7. The van der Waals surface area contributed by atoms with Gasteiger partial charge in [0.15, 0.2) is 0 Å². The first-order valence-electron chi connectivity index (χ1n) is 5.86. The number of benzene rings is 1. The molecule has 0 radical (unpaired) electrons. The molecule has 4 N–H and O–H groups in total. The van der Waals surface area contributed by atoms with E-state index in [0.717, 1.165) is 11.3 Å². The zero-order valence-electron chi connectivity index (χ0n) is 10.9. The van der Waals surface area contributed by atoms with Crippen molar-refractivity contribution >= 4 is 22.2 Å². The van der Waals surface area contributed by atoms with E-state index < -0.39 is 10.7 Å². The standard InChI is InChI=1S/C12H16N4O3S/c1-19-9-4-2-8(3-5-9)6-16-12(14)11(13)10(15-16)7-20(17)18/h2-5,20H,6-7,13-14H2,1H3. The number of hydrogen-bond acceptors (Lipinski definition) is 6. The van der Waals surface area contributed by atoms with Crippen molar-refractivity contribution in [3.63, 3.8) is 0 Å². The van der Waals surface area contributed by atoms with Gasteiger partial charge >= 0.3 is 0 Å². The molecule has 2 rings (SSSR count). The Morgan fingerprint density at radius 2 is 1.90 bits per heavy atom. The number of ether oxygens (including phenoxy) is 1. The highest BCUT2D eigenvalue weighted by atomic mass is 32.2. The molecule has 0 atom stereocenters. The molecule has 1 heterocycles. The van der Waals surface area contributed by atoms with E-state index in [2.05, 4.69) is 5.10 Å². The number of nitrogens with two attached hydrogens (primary N) is 2. The molecule has 0 aliphatic carbocycles. The molecule has 1 aromatic carbocycles. The fourth-order valence-corrected chi connectivity index (χ4v) is 2.28. The smallest absolute Gasteiger partial charge is 0.146 e. The van der Waals surface area contributed by atoms with E-state index in [1.54, 1.807) is 7.11 Å². The average molecular weight is 296 g/mol. The van der Waals surface area contributed by atoms with Crippen molar-refractivity contribution < 1.29 is 13.2 Å². The van der Waals surface area contributed by atoms with Gasteiger partial charge in [0.2, 0.25) is 0 Å². The summed E-state index contributed by atoms with van der Waals surface area (Å²) in [4.78, 5) is 0. The SMILES string of the molecule is COc1ccc(Cn2nc(C[SH](=O)=O)c(N)c2N)cc1. The van der Waals surface area contributed by atoms with Crippen LogP contribution in [0.25, 0.3) is 0 Å². The summed E-state index contributed by atoms with van der Waals surface area (Å²) in [6.07, 6.45) is 0. The molecule has 1 aromatic heterocycles. The quantitative estimate of drug-likeness (QED) is 0.680. The van der Waals surface area contributed by atoms with Crippen LogP contribution in [-0.2, 0) is 23.0 Å². The Balaban J connectivity index is 2.24. The van der Waals surface area contributed by atoms with Gasteiger partial charge in [0.25, 0.3) is 0 Å². The van der Waals surface area contributed by atoms with E-state index in [4.69, 9.17) is 16.2 Å². The maximum Gasteiger partial charge on any atom is 0.146 e. The Morgan fingerprint density at radius 3 is 2.45 bits per heavy atom. The van der Waals surface area contributed by atoms with Crippen molar-refractivity contribution in [3.8, 4) is 5.75 Å². The van der Waals surface area contributed by atoms with Crippen molar-refractivity contribution in [2.75, 3.05) is 18.6 Å². The zero-order valence-corrected chi connectivity index (χ0v) is 11.8. The van der Waals surface area contributed by atoms with E-state index in [1.807, 2.05) is 24.3 Å². The Kier molecular flexibility index (Phi) is 4.14. The fraction of sp³-hybridized carbons (Fsp3) is 0.250. The Bertz CT molecular complexity index is 669. The maximum absolute atomic E-state index is 10.7. The third kappa shape index (κ3) is 3.02. The minimum atomic E-state index is -2.59. The average Bonchev–Trinajstić information content (AvgIpc) is 2.67. The van der Waals surface area contributed by atoms with Crippen molar-refractivity contribution in [3.05, 3.63) is 35.5 Å². The Morgan fingerprint density at radius 1 is 1.25 bits per heavy atom. The number of aromatic nitrogens is 2. The van der Waals surface area contributed by atoms with Gasteiger partial charge < -0.3 is 16.2 Å². The van der Waals surface area contributed by atoms with Gasteiger partial charge in [0, 0.05) is 0 Å². The van der Waals surface area contributed by atoms with Crippen molar-refractivity contribution in [2.24, 2.45) is 0 Å². The second kappa shape index (κ2) is 5.83. The highest BCUT2D eigenvalue weighted by molar-refractivity contribution is 7.71. The number of hydrogen-bond donors (Lipinski definition) is 3. The van der Waals surface area contributed by atoms with Crippen molar-refractivity contribution in [2.45, 2.75) is 12.3 Å². The number of rotatable bonds is 5. The van der Waals surface area contributed by atoms with Crippen LogP contribution in [0.2, 0.25) is 0 Å². The topological polar surface area (TPSA) is 113 Å². The minimum absolute atomic E-state index is 0.207. The van der Waals surface area contributed by atoms with Crippen LogP contribution in [-0.4, -0.2) is 25.3 Å². The summed E-state index contributed by atoms with van der Waals surface area (Å²) in [5.41, 5.74) is 13.1. The molecule has 7 nitrogen and oxygen atoms in total. The van der Waals surface area contributed by atoms with E-state index >= 15 is 0 Å². The summed E-state index contributed by atoms with van der Waals surface area (Å²) in [6, 6.07) is 7.41. The number of methoxy groups -OCH3 is 1. The molecule has 0 amide bonds. The zero-order chi connectivity index (χ0) is 14.7. The van der Waals surface area contributed by atoms with Crippen LogP contribution in [0.1, 0.15) is 11.3 Å². The lowest BCUT2D eigenvalue weighted by Crippen LogP contribution is -2.06. The molecule has 0 bridgehead atoms. The van der Waals surface area contributed by atoms with Crippen LogP contribution in [0.3, 0.4) is 0 Å². The normalized spacial score (nSPS) is 10.9. The Labute approximate surface area is 118 Å². The summed E-state index contributed by atoms with van der Waals surface area (Å²) in [6.45, 7) is 0.412. The van der Waals surface area contributed by atoms with Crippen LogP contribution in [0, 0.1) is 0 Å². The van der Waals surface area contributed by atoms with E-state index in [1.165, 1.54) is 4.68 Å². The van der Waals surface area contributed by atoms with E-state index in [-0.39, 0.29) is 23.0 Å². The first kappa shape index (κ1) is 14.2. The minimum Gasteiger partial charge on any atom is -0.497 e. The number of nitrogen functional groups attached to an aromatic ring is 2. The predicted molar refractivity (Wildman–Crippen MR) is 77.2 cm³/mol. The second-order valence-corrected chi connectivity index (χ2v) is 5.22. The molecular formula is C12H16N4O3S. The van der Waals surface area contributed by atoms with Crippen LogP contribution >= 0.6 is 0 Å². The van der Waals surface area contributed by atoms with Gasteiger partial charge in [0.1, 0.15) is 28.0 Å². The Hall–Kier alpha value is -2.22. The molecule has 108 valence electrons. The summed E-state index contributed by atoms with van der Waals surface area (Å²) in [7, 11) is -0.991. The molecule has 0 saturated carbocycles. The number of anilines is 2. The van der Waals surface area contributed by atoms with Gasteiger partial charge in [-0.1, -0.05) is 12.1 Å². The van der Waals surface area contributed by atoms with Crippen LogP contribution in [0.5, 0.6) is 5.75 Å². The van der Waals surface area contributed by atoms with Crippen LogP contribution < -0.4 is 16.2 Å². The molecule has 0 fully saturated rings. The summed E-state index contributed by atoms with van der Waals surface area (Å²) in [5, 5.41) is 4.14. The van der Waals surface area contributed by atoms with Gasteiger partial charge in [-0.25, -0.2) is 13.1 Å². The highest BCUT2D eigenvalue weighted by Gasteiger charge is 2.13. The summed E-state index contributed by atoms with van der Waals surface area (Å²) >= 11 is 0. The van der Waals surface area contributed by atoms with Crippen molar-refractivity contribution in [1.29, 1.82) is 0 Å². The van der Waals surface area contributed by atoms with Crippen LogP contribution in [0.15, 0.2) is 24.3 Å². The predicted octanol–water partition coefficient (Wildman–Crippen LogP) is 0.216. The van der Waals surface area contributed by atoms with Crippen LogP contribution in [0.4, 0.5) is 11.5 Å². The van der Waals surface area contributed by atoms with Gasteiger partial charge in [-0.15, -0.1) is 0 Å². The number of nitrogens with zero attached hydrogens (tertiary/aromatic N) is 2. The third-order valence-corrected chi connectivity index (χ3v) is 3.43. The largest absolute Gasteiger partial charge is 0.497 e. The van der Waals surface area contributed by atoms with E-state index in [0.29, 0.717) is 6.54 Å². The molecule has 0 aliphatic heterocycles. The first-order valence-corrected chi connectivity index (χ1v) is 7.23. The molecule has 0 spiro atoms. The lowest BCUT2D eigenvalue weighted by atomic mass is 10.2. The first-order chi connectivity index (χ1) is 9.51. The van der Waals surface area contributed by atoms with Crippen molar-refractivity contribution in [1.82, 2.24) is 9.78 Å². The van der Waals surface area contributed by atoms with Gasteiger partial charge in [-0.3, -0.25) is 0 Å². The lowest BCUT2D eigenvalue weighted by Gasteiger charge is -2.05. The lowest BCUT2D eigenvalue weighted by molar-refractivity contribution is 0.414. The summed E-state index contributed by atoms with van der Waals surface area (Å²) < 4.78 is 28.1. The van der Waals surface area contributed by atoms with Gasteiger partial charge in [0.05, 0.1) is 25.1 Å². The number of thiol groups is 1. The molecule has 2 aromatic rings. The summed E-state index contributed by atoms with van der Waals surface area (Å²) in [5.74, 6) is 0.819. The third-order valence-electron chi connectivity index (χ3n) is 2.88. The molecule has 20 heavy (non-hydrogen) atoms. The highest BCUT2D eigenvalue weighted by Crippen LogP contribution is 2.21. The molecule has 0 unspecified atom stereocenters. The van der Waals surface area contributed by atoms with Gasteiger partial charge in [-0.2, -0.15) is 5.10 Å². The molecular weight excluding hydrogens is 280 g/mol. The molecule has 0 saturated heterocycles. The monoisotopic (exact) mass is 296 g/mol. The fourth-order valence-electron chi connectivity index (χ4n) is 1.80. The van der Waals surface area contributed by atoms with E-state index in [9.17, 15) is 8.42 Å². The molecule has 0 aliphatic rings. The molecule has 8 heteroatoms. The van der Waals surface area contributed by atoms with Gasteiger partial charge in [-0.05, 0) is 17.7 Å². The second-order valence-electron chi connectivity index (χ2n) is 4.24.